The third-order valence-corrected chi connectivity index (χ3v) is 5.62. The minimum atomic E-state index is 0.563. The van der Waals surface area contributed by atoms with Gasteiger partial charge in [0.1, 0.15) is 0 Å². The van der Waals surface area contributed by atoms with E-state index in [1.54, 1.807) is 0 Å². The van der Waals surface area contributed by atoms with Crippen LogP contribution in [0.5, 0.6) is 0 Å². The third-order valence-electron chi connectivity index (χ3n) is 4.65. The van der Waals surface area contributed by atoms with Gasteiger partial charge >= 0.3 is 0 Å². The monoisotopic (exact) mass is 296 g/mol. The molecule has 0 aliphatic carbocycles. The second-order valence-corrected chi connectivity index (χ2v) is 6.79. The van der Waals surface area contributed by atoms with Crippen molar-refractivity contribution in [2.24, 2.45) is 21.8 Å². The first-order chi connectivity index (χ1) is 9.56. The fourth-order valence-corrected chi connectivity index (χ4v) is 4.27. The van der Waals surface area contributed by atoms with Gasteiger partial charge in [-0.15, -0.1) is 0 Å². The summed E-state index contributed by atoms with van der Waals surface area (Å²) in [5.74, 6) is 0.780. The van der Waals surface area contributed by atoms with Gasteiger partial charge < -0.3 is 5.73 Å². The molecule has 2 heterocycles. The molecule has 1 fully saturated rings. The molecule has 2 unspecified atom stereocenters. The van der Waals surface area contributed by atoms with E-state index in [1.165, 1.54) is 42.7 Å². The van der Waals surface area contributed by atoms with Gasteiger partial charge in [-0.2, -0.15) is 0 Å². The van der Waals surface area contributed by atoms with Crippen LogP contribution in [0.15, 0.2) is 16.3 Å². The summed E-state index contributed by atoms with van der Waals surface area (Å²) < 4.78 is 2.33. The lowest BCUT2D eigenvalue weighted by molar-refractivity contribution is 0.161. The summed E-state index contributed by atoms with van der Waals surface area (Å²) in [6, 6.07) is 1.13. The summed E-state index contributed by atoms with van der Waals surface area (Å²) in [6.07, 6.45) is 5.80. The van der Waals surface area contributed by atoms with Crippen molar-refractivity contribution in [3.8, 4) is 0 Å². The summed E-state index contributed by atoms with van der Waals surface area (Å²) in [4.78, 5) is 4.53. The Bertz CT molecular complexity index is 393. The molecular weight excluding hydrogens is 268 g/mol. The number of aliphatic imine (C=N–C) groups is 1. The molecular formula is C15H28N4S. The zero-order valence-electron chi connectivity index (χ0n) is 12.9. The summed E-state index contributed by atoms with van der Waals surface area (Å²) in [5.41, 5.74) is 9.67. The highest BCUT2D eigenvalue weighted by molar-refractivity contribution is 7.94. The fraction of sp³-hybridized carbons (Fsp3) is 0.800. The molecule has 114 valence electrons. The quantitative estimate of drug-likeness (QED) is 0.766. The van der Waals surface area contributed by atoms with E-state index in [-0.39, 0.29) is 0 Å². The Balaban J connectivity index is 1.89. The maximum atomic E-state index is 6.10. The summed E-state index contributed by atoms with van der Waals surface area (Å²) in [5, 5.41) is 5.76. The van der Waals surface area contributed by atoms with Gasteiger partial charge in [-0.25, -0.2) is 4.31 Å². The maximum Gasteiger partial charge on any atom is 0.0791 e. The second-order valence-electron chi connectivity index (χ2n) is 6.16. The highest BCUT2D eigenvalue weighted by Crippen LogP contribution is 2.34. The Morgan fingerprint density at radius 3 is 2.50 bits per heavy atom. The molecule has 0 aromatic heterocycles. The van der Waals surface area contributed by atoms with Crippen LogP contribution in [-0.2, 0) is 0 Å². The van der Waals surface area contributed by atoms with E-state index in [1.807, 2.05) is 0 Å². The number of piperidine rings is 1. The van der Waals surface area contributed by atoms with E-state index in [9.17, 15) is 0 Å². The van der Waals surface area contributed by atoms with Crippen molar-refractivity contribution in [3.05, 3.63) is 11.3 Å². The van der Waals surface area contributed by atoms with Gasteiger partial charge in [-0.05, 0) is 57.4 Å². The molecule has 0 bridgehead atoms. The van der Waals surface area contributed by atoms with Crippen molar-refractivity contribution in [1.82, 2.24) is 4.31 Å². The number of nitrogens with two attached hydrogens (primary N) is 2. The smallest absolute Gasteiger partial charge is 0.0791 e. The Labute approximate surface area is 127 Å². The number of hydrogen-bond acceptors (Lipinski definition) is 5. The van der Waals surface area contributed by atoms with Crippen molar-refractivity contribution < 1.29 is 0 Å². The van der Waals surface area contributed by atoms with Crippen molar-refractivity contribution in [2.45, 2.75) is 65.0 Å². The second kappa shape index (κ2) is 6.96. The molecule has 1 saturated heterocycles. The lowest BCUT2D eigenvalue weighted by Crippen LogP contribution is -2.43. The lowest BCUT2D eigenvalue weighted by atomic mass is 9.84. The van der Waals surface area contributed by atoms with Crippen LogP contribution in [0.2, 0.25) is 0 Å². The zero-order valence-corrected chi connectivity index (χ0v) is 13.7. The molecule has 2 atom stereocenters. The number of hydrogen-bond donors (Lipinski definition) is 2. The molecule has 0 spiro atoms. The Morgan fingerprint density at radius 2 is 1.95 bits per heavy atom. The van der Waals surface area contributed by atoms with Crippen LogP contribution in [0.25, 0.3) is 0 Å². The molecule has 0 aromatic carbocycles. The first-order valence-corrected chi connectivity index (χ1v) is 8.56. The molecule has 5 heteroatoms. The van der Waals surface area contributed by atoms with Gasteiger partial charge in [-0.3, -0.25) is 10.1 Å². The summed E-state index contributed by atoms with van der Waals surface area (Å²) >= 11 is 1.40. The molecule has 4 nitrogen and oxygen atoms in total. The molecule has 4 N–H and O–H groups in total. The van der Waals surface area contributed by atoms with Crippen LogP contribution in [0.4, 0.5) is 0 Å². The van der Waals surface area contributed by atoms with Gasteiger partial charge in [0.2, 0.25) is 0 Å². The van der Waals surface area contributed by atoms with E-state index in [4.69, 9.17) is 10.9 Å². The third kappa shape index (κ3) is 3.38. The molecule has 2 aliphatic rings. The number of rotatable bonds is 5. The highest BCUT2D eigenvalue weighted by atomic mass is 32.2. The van der Waals surface area contributed by atoms with E-state index >= 15 is 0 Å². The van der Waals surface area contributed by atoms with E-state index in [0.717, 1.165) is 24.5 Å². The molecule has 2 aliphatic heterocycles. The van der Waals surface area contributed by atoms with Crippen LogP contribution < -0.4 is 10.9 Å². The first-order valence-electron chi connectivity index (χ1n) is 7.73. The zero-order chi connectivity index (χ0) is 14.7. The first kappa shape index (κ1) is 15.9. The van der Waals surface area contributed by atoms with Crippen molar-refractivity contribution in [3.63, 3.8) is 0 Å². The normalized spacial score (nSPS) is 31.8. The molecule has 0 saturated carbocycles. The van der Waals surface area contributed by atoms with Gasteiger partial charge in [0.25, 0.3) is 0 Å². The summed E-state index contributed by atoms with van der Waals surface area (Å²) in [7, 11) is 0. The van der Waals surface area contributed by atoms with Gasteiger partial charge in [0, 0.05) is 35.6 Å². The van der Waals surface area contributed by atoms with E-state index in [0.29, 0.717) is 18.6 Å². The molecule has 0 radical (unpaired) electrons. The Morgan fingerprint density at radius 1 is 1.30 bits per heavy atom. The molecule has 2 rings (SSSR count). The topological polar surface area (TPSA) is 67.6 Å². The standard InChI is InChI=1S/C15H28N4S/c1-4-15-13(14(16)9-18-15)6-5-12-7-10(2)19(20-17)11(3)8-12/h10-12H,4-9,16-17H2,1-3H3. The van der Waals surface area contributed by atoms with E-state index in [2.05, 4.69) is 30.1 Å². The maximum absolute atomic E-state index is 6.10. The summed E-state index contributed by atoms with van der Waals surface area (Å²) in [6.45, 7) is 7.45. The van der Waals surface area contributed by atoms with E-state index < -0.39 is 0 Å². The van der Waals surface area contributed by atoms with Crippen LogP contribution in [0.3, 0.4) is 0 Å². The molecule has 0 amide bonds. The van der Waals surface area contributed by atoms with Gasteiger partial charge in [0.15, 0.2) is 0 Å². The number of allylic oxidation sites excluding steroid dienone is 1. The number of nitrogens with zero attached hydrogens (tertiary/aromatic N) is 2. The van der Waals surface area contributed by atoms with Gasteiger partial charge in [-0.1, -0.05) is 6.92 Å². The lowest BCUT2D eigenvalue weighted by Gasteiger charge is -2.40. The predicted octanol–water partition coefficient (Wildman–Crippen LogP) is 2.85. The van der Waals surface area contributed by atoms with Crippen molar-refractivity contribution in [1.29, 1.82) is 0 Å². The Hall–Kier alpha value is -0.520. The average molecular weight is 296 g/mol. The molecule has 20 heavy (non-hydrogen) atoms. The SMILES string of the molecule is CCC1=NCC(N)=C1CCC1CC(C)N(SN)C(C)C1. The van der Waals surface area contributed by atoms with Gasteiger partial charge in [0.05, 0.1) is 6.54 Å². The Kier molecular flexibility index (Phi) is 5.52. The van der Waals surface area contributed by atoms with Crippen LogP contribution in [0, 0.1) is 5.92 Å². The fourth-order valence-electron chi connectivity index (χ4n) is 3.68. The van der Waals surface area contributed by atoms with Crippen molar-refractivity contribution in [2.75, 3.05) is 6.54 Å². The van der Waals surface area contributed by atoms with Crippen molar-refractivity contribution >= 4 is 17.8 Å². The average Bonchev–Trinajstić information content (AvgIpc) is 2.76. The minimum absolute atomic E-state index is 0.563. The molecule has 0 aromatic rings. The van der Waals surface area contributed by atoms with Crippen LogP contribution >= 0.6 is 12.1 Å². The minimum Gasteiger partial charge on any atom is -0.400 e. The highest BCUT2D eigenvalue weighted by Gasteiger charge is 2.31. The predicted molar refractivity (Wildman–Crippen MR) is 88.3 cm³/mol. The van der Waals surface area contributed by atoms with Crippen LogP contribution in [-0.4, -0.2) is 28.6 Å². The van der Waals surface area contributed by atoms with Crippen LogP contribution in [0.1, 0.15) is 52.9 Å². The largest absolute Gasteiger partial charge is 0.400 e.